The maximum atomic E-state index is 13.3. The van der Waals surface area contributed by atoms with Crippen LogP contribution in [-0.2, 0) is 13.1 Å². The quantitative estimate of drug-likeness (QED) is 0.876. The van der Waals surface area contributed by atoms with Crippen molar-refractivity contribution in [2.24, 2.45) is 0 Å². The zero-order chi connectivity index (χ0) is 11.4. The fourth-order valence-electron chi connectivity index (χ4n) is 1.41. The highest BCUT2D eigenvalue weighted by molar-refractivity contribution is 7.07. The molecule has 1 nitrogen and oxygen atoms in total. The molecule has 1 N–H and O–H groups in total. The molecule has 1 aromatic carbocycles. The number of hydrogen-bond acceptors (Lipinski definition) is 2. The van der Waals surface area contributed by atoms with Gasteiger partial charge in [0, 0.05) is 23.7 Å². The van der Waals surface area contributed by atoms with E-state index in [0.717, 1.165) is 6.54 Å². The summed E-state index contributed by atoms with van der Waals surface area (Å²) < 4.78 is 13.3. The number of nitrogens with one attached hydrogen (secondary N) is 1. The lowest BCUT2D eigenvalue weighted by molar-refractivity contribution is 0.588. The molecular weight excluding hydrogens is 245 g/mol. The Morgan fingerprint density at radius 1 is 1.25 bits per heavy atom. The molecule has 0 atom stereocenters. The smallest absolute Gasteiger partial charge is 0.127 e. The van der Waals surface area contributed by atoms with Gasteiger partial charge >= 0.3 is 0 Å². The normalized spacial score (nSPS) is 10.6. The highest BCUT2D eigenvalue weighted by Gasteiger charge is 2.02. The summed E-state index contributed by atoms with van der Waals surface area (Å²) >= 11 is 7.46. The number of rotatable bonds is 4. The minimum absolute atomic E-state index is 0.220. The van der Waals surface area contributed by atoms with Gasteiger partial charge in [0.15, 0.2) is 0 Å². The zero-order valence-corrected chi connectivity index (χ0v) is 10.1. The van der Waals surface area contributed by atoms with Crippen LogP contribution in [0.25, 0.3) is 0 Å². The predicted molar refractivity (Wildman–Crippen MR) is 66.3 cm³/mol. The summed E-state index contributed by atoms with van der Waals surface area (Å²) in [7, 11) is 0. The topological polar surface area (TPSA) is 12.0 Å². The van der Waals surface area contributed by atoms with Gasteiger partial charge < -0.3 is 5.32 Å². The molecule has 0 saturated carbocycles. The van der Waals surface area contributed by atoms with Gasteiger partial charge in [0.1, 0.15) is 5.82 Å². The molecule has 2 rings (SSSR count). The third kappa shape index (κ3) is 3.04. The van der Waals surface area contributed by atoms with Crippen molar-refractivity contribution in [3.63, 3.8) is 0 Å². The van der Waals surface area contributed by atoms with E-state index >= 15 is 0 Å². The lowest BCUT2D eigenvalue weighted by Crippen LogP contribution is -2.13. The summed E-state index contributed by atoms with van der Waals surface area (Å²) in [4.78, 5) is 0. The van der Waals surface area contributed by atoms with Gasteiger partial charge in [-0.1, -0.05) is 11.6 Å². The molecule has 0 aliphatic carbocycles. The summed E-state index contributed by atoms with van der Waals surface area (Å²) in [5, 5.41) is 7.84. The van der Waals surface area contributed by atoms with Gasteiger partial charge in [-0.2, -0.15) is 11.3 Å². The van der Waals surface area contributed by atoms with Gasteiger partial charge in [0.05, 0.1) is 0 Å². The van der Waals surface area contributed by atoms with E-state index in [4.69, 9.17) is 11.6 Å². The van der Waals surface area contributed by atoms with Crippen LogP contribution in [0.15, 0.2) is 35.0 Å². The Bertz CT molecular complexity index is 456. The average molecular weight is 256 g/mol. The molecule has 4 heteroatoms. The van der Waals surface area contributed by atoms with Crippen LogP contribution in [0.1, 0.15) is 11.1 Å². The minimum Gasteiger partial charge on any atom is -0.308 e. The minimum atomic E-state index is -0.220. The second-order valence-corrected chi connectivity index (χ2v) is 4.69. The molecular formula is C12H11ClFNS. The second kappa shape index (κ2) is 5.43. The lowest BCUT2D eigenvalue weighted by atomic mass is 10.2. The van der Waals surface area contributed by atoms with Crippen molar-refractivity contribution < 1.29 is 4.39 Å². The van der Waals surface area contributed by atoms with Crippen molar-refractivity contribution >= 4 is 22.9 Å². The van der Waals surface area contributed by atoms with Gasteiger partial charge in [-0.25, -0.2) is 4.39 Å². The van der Waals surface area contributed by atoms with Crippen LogP contribution in [0.2, 0.25) is 5.02 Å². The van der Waals surface area contributed by atoms with E-state index in [1.807, 2.05) is 11.4 Å². The van der Waals surface area contributed by atoms with E-state index in [1.165, 1.54) is 11.6 Å². The zero-order valence-electron chi connectivity index (χ0n) is 8.54. The van der Waals surface area contributed by atoms with E-state index in [9.17, 15) is 4.39 Å². The van der Waals surface area contributed by atoms with Crippen molar-refractivity contribution in [2.75, 3.05) is 0 Å². The van der Waals surface area contributed by atoms with Crippen LogP contribution in [0.3, 0.4) is 0 Å². The van der Waals surface area contributed by atoms with Gasteiger partial charge in [-0.3, -0.25) is 0 Å². The molecule has 2 aromatic rings. The van der Waals surface area contributed by atoms with E-state index in [2.05, 4.69) is 10.7 Å². The van der Waals surface area contributed by atoms with Gasteiger partial charge in [-0.15, -0.1) is 0 Å². The van der Waals surface area contributed by atoms with Crippen LogP contribution in [0, 0.1) is 5.82 Å². The Balaban J connectivity index is 1.92. The fourth-order valence-corrected chi connectivity index (χ4v) is 2.28. The van der Waals surface area contributed by atoms with Gasteiger partial charge in [0.2, 0.25) is 0 Å². The van der Waals surface area contributed by atoms with Crippen LogP contribution >= 0.6 is 22.9 Å². The monoisotopic (exact) mass is 255 g/mol. The Hall–Kier alpha value is -0.900. The van der Waals surface area contributed by atoms with Gasteiger partial charge in [-0.05, 0) is 40.6 Å². The van der Waals surface area contributed by atoms with E-state index in [1.54, 1.807) is 23.5 Å². The number of halogens is 2. The van der Waals surface area contributed by atoms with Crippen LogP contribution < -0.4 is 5.32 Å². The molecule has 1 aromatic heterocycles. The SMILES string of the molecule is Fc1ccc(Cl)cc1CNCc1ccsc1. The molecule has 0 saturated heterocycles. The second-order valence-electron chi connectivity index (χ2n) is 3.47. The van der Waals surface area contributed by atoms with Crippen LogP contribution in [0.5, 0.6) is 0 Å². The highest BCUT2D eigenvalue weighted by atomic mass is 35.5. The Morgan fingerprint density at radius 2 is 2.12 bits per heavy atom. The van der Waals surface area contributed by atoms with Crippen LogP contribution in [-0.4, -0.2) is 0 Å². The first-order chi connectivity index (χ1) is 7.75. The highest BCUT2D eigenvalue weighted by Crippen LogP contribution is 2.15. The molecule has 1 heterocycles. The van der Waals surface area contributed by atoms with E-state index in [-0.39, 0.29) is 5.82 Å². The van der Waals surface area contributed by atoms with Crippen LogP contribution in [0.4, 0.5) is 4.39 Å². The summed E-state index contributed by atoms with van der Waals surface area (Å²) in [6.07, 6.45) is 0. The van der Waals surface area contributed by atoms with Crippen molar-refractivity contribution in [1.29, 1.82) is 0 Å². The maximum absolute atomic E-state index is 13.3. The molecule has 0 unspecified atom stereocenters. The summed E-state index contributed by atoms with van der Waals surface area (Å²) in [5.74, 6) is -0.220. The Morgan fingerprint density at radius 3 is 2.88 bits per heavy atom. The molecule has 0 amide bonds. The van der Waals surface area contributed by atoms with Gasteiger partial charge in [0.25, 0.3) is 0 Å². The summed E-state index contributed by atoms with van der Waals surface area (Å²) in [6, 6.07) is 6.65. The number of hydrogen-bond donors (Lipinski definition) is 1. The molecule has 0 spiro atoms. The number of benzene rings is 1. The first kappa shape index (κ1) is 11.6. The van der Waals surface area contributed by atoms with E-state index in [0.29, 0.717) is 17.1 Å². The third-order valence-electron chi connectivity index (χ3n) is 2.23. The standard InChI is InChI=1S/C12H11ClFNS/c13-11-1-2-12(14)10(5-11)7-15-6-9-3-4-16-8-9/h1-5,8,15H,6-7H2. The Kier molecular flexibility index (Phi) is 3.93. The predicted octanol–water partition coefficient (Wildman–Crippen LogP) is 3.83. The third-order valence-corrected chi connectivity index (χ3v) is 3.20. The summed E-state index contributed by atoms with van der Waals surface area (Å²) in [5.41, 5.74) is 1.81. The molecule has 0 bridgehead atoms. The molecule has 84 valence electrons. The molecule has 16 heavy (non-hydrogen) atoms. The average Bonchev–Trinajstić information content (AvgIpc) is 2.76. The van der Waals surface area contributed by atoms with E-state index < -0.39 is 0 Å². The largest absolute Gasteiger partial charge is 0.308 e. The first-order valence-corrected chi connectivity index (χ1v) is 6.23. The molecule has 0 radical (unpaired) electrons. The molecule has 0 aliphatic heterocycles. The number of thiophene rings is 1. The fraction of sp³-hybridized carbons (Fsp3) is 0.167. The molecule has 0 fully saturated rings. The lowest BCUT2D eigenvalue weighted by Gasteiger charge is -2.05. The Labute approximate surface area is 103 Å². The van der Waals surface area contributed by atoms with Crippen molar-refractivity contribution in [1.82, 2.24) is 5.32 Å². The van der Waals surface area contributed by atoms with Crippen molar-refractivity contribution in [3.8, 4) is 0 Å². The van der Waals surface area contributed by atoms with Crippen molar-refractivity contribution in [2.45, 2.75) is 13.1 Å². The summed E-state index contributed by atoms with van der Waals surface area (Å²) in [6.45, 7) is 1.23. The van der Waals surface area contributed by atoms with Crippen molar-refractivity contribution in [3.05, 3.63) is 57.0 Å². The maximum Gasteiger partial charge on any atom is 0.127 e. The first-order valence-electron chi connectivity index (χ1n) is 4.91. The molecule has 0 aliphatic rings.